The SMILES string of the molecule is CCC([N+]#N)C(=O)C(F)F. The first-order valence-electron chi connectivity index (χ1n) is 2.79. The van der Waals surface area contributed by atoms with Crippen LogP contribution in [0.5, 0.6) is 0 Å². The summed E-state index contributed by atoms with van der Waals surface area (Å²) >= 11 is 0. The zero-order valence-corrected chi connectivity index (χ0v) is 5.42. The van der Waals surface area contributed by atoms with Crippen LogP contribution in [0.25, 0.3) is 4.98 Å². The molecule has 0 N–H and O–H groups in total. The molecule has 0 aromatic carbocycles. The molecule has 0 aromatic rings. The van der Waals surface area contributed by atoms with E-state index in [1.54, 1.807) is 0 Å². The first kappa shape index (κ1) is 8.95. The number of nitrogens with zero attached hydrogens (tertiary/aromatic N) is 2. The van der Waals surface area contributed by atoms with Gasteiger partial charge in [0.15, 0.2) is 0 Å². The highest BCUT2D eigenvalue weighted by molar-refractivity contribution is 5.88. The number of alkyl halides is 2. The Labute approximate surface area is 56.7 Å². The quantitative estimate of drug-likeness (QED) is 0.570. The molecule has 0 aliphatic heterocycles. The lowest BCUT2D eigenvalue weighted by molar-refractivity contribution is -0.130. The predicted molar refractivity (Wildman–Crippen MR) is 30.2 cm³/mol. The summed E-state index contributed by atoms with van der Waals surface area (Å²) < 4.78 is 23.1. The summed E-state index contributed by atoms with van der Waals surface area (Å²) in [6.07, 6.45) is -2.94. The molecular formula is C5H7F2N2O+. The lowest BCUT2D eigenvalue weighted by atomic mass is 10.1. The van der Waals surface area contributed by atoms with E-state index < -0.39 is 18.3 Å². The Morgan fingerprint density at radius 2 is 2.20 bits per heavy atom. The van der Waals surface area contributed by atoms with Gasteiger partial charge in [-0.2, -0.15) is 0 Å². The van der Waals surface area contributed by atoms with Crippen LogP contribution in [0.1, 0.15) is 13.3 Å². The Morgan fingerprint density at radius 1 is 1.70 bits per heavy atom. The summed E-state index contributed by atoms with van der Waals surface area (Å²) in [5, 5.41) is 8.02. The Bertz CT molecular complexity index is 164. The maximum atomic E-state index is 11.5. The van der Waals surface area contributed by atoms with Crippen LogP contribution in [0.2, 0.25) is 0 Å². The van der Waals surface area contributed by atoms with Gasteiger partial charge in [0, 0.05) is 6.42 Å². The fourth-order valence-corrected chi connectivity index (χ4v) is 0.485. The van der Waals surface area contributed by atoms with Gasteiger partial charge in [-0.15, -0.1) is 0 Å². The number of halogens is 2. The smallest absolute Gasteiger partial charge is 0.284 e. The summed E-state index contributed by atoms with van der Waals surface area (Å²) in [4.78, 5) is 12.8. The van der Waals surface area contributed by atoms with Crippen LogP contribution in [0, 0.1) is 5.39 Å². The Morgan fingerprint density at radius 3 is 2.30 bits per heavy atom. The van der Waals surface area contributed by atoms with Crippen LogP contribution < -0.4 is 0 Å². The van der Waals surface area contributed by atoms with E-state index in [4.69, 9.17) is 5.39 Å². The van der Waals surface area contributed by atoms with Crippen molar-refractivity contribution in [1.82, 2.24) is 0 Å². The summed E-state index contributed by atoms with van der Waals surface area (Å²) in [7, 11) is 0. The molecule has 1 unspecified atom stereocenters. The minimum atomic E-state index is -3.04. The molecule has 5 heteroatoms. The van der Waals surface area contributed by atoms with Gasteiger partial charge in [-0.25, -0.2) is 8.78 Å². The number of carbonyl (C=O) groups excluding carboxylic acids is 1. The van der Waals surface area contributed by atoms with E-state index in [9.17, 15) is 13.6 Å². The molecule has 0 aliphatic rings. The van der Waals surface area contributed by atoms with Crippen molar-refractivity contribution in [2.24, 2.45) is 0 Å². The monoisotopic (exact) mass is 149 g/mol. The molecule has 0 fully saturated rings. The first-order chi connectivity index (χ1) is 4.63. The average Bonchev–Trinajstić information content (AvgIpc) is 1.90. The van der Waals surface area contributed by atoms with Gasteiger partial charge < -0.3 is 0 Å². The van der Waals surface area contributed by atoms with Crippen LogP contribution in [0.4, 0.5) is 8.78 Å². The van der Waals surface area contributed by atoms with Gasteiger partial charge in [-0.05, 0) is 0 Å². The minimum absolute atomic E-state index is 0.0969. The standard InChI is InChI=1S/C5H7F2N2O/c1-2-3(9-8)4(10)5(6)7/h3,5H,2H2,1H3/q+1. The fraction of sp³-hybridized carbons (Fsp3) is 0.800. The lowest BCUT2D eigenvalue weighted by Gasteiger charge is -1.91. The number of rotatable bonds is 3. The molecule has 0 bridgehead atoms. The second-order valence-electron chi connectivity index (χ2n) is 1.74. The molecule has 0 saturated carbocycles. The maximum Gasteiger partial charge on any atom is 0.376 e. The van der Waals surface area contributed by atoms with Crippen LogP contribution in [0.15, 0.2) is 0 Å². The summed E-state index contributed by atoms with van der Waals surface area (Å²) in [5.41, 5.74) is 0. The lowest BCUT2D eigenvalue weighted by Crippen LogP contribution is -2.23. The normalized spacial score (nSPS) is 12.7. The molecule has 0 rings (SSSR count). The number of hydrogen-bond donors (Lipinski definition) is 0. The van der Waals surface area contributed by atoms with Crippen molar-refractivity contribution >= 4 is 5.78 Å². The van der Waals surface area contributed by atoms with Crippen LogP contribution >= 0.6 is 0 Å². The van der Waals surface area contributed by atoms with E-state index in [1.807, 2.05) is 0 Å². The van der Waals surface area contributed by atoms with Gasteiger partial charge in [0.25, 0.3) is 5.78 Å². The van der Waals surface area contributed by atoms with E-state index >= 15 is 0 Å². The van der Waals surface area contributed by atoms with Crippen LogP contribution in [-0.2, 0) is 4.79 Å². The summed E-state index contributed by atoms with van der Waals surface area (Å²) in [6.45, 7) is 1.49. The molecule has 0 amide bonds. The first-order valence-corrected chi connectivity index (χ1v) is 2.79. The van der Waals surface area contributed by atoms with Gasteiger partial charge in [0.05, 0.1) is 0 Å². The summed E-state index contributed by atoms with van der Waals surface area (Å²) in [6, 6.07) is -1.26. The number of hydrogen-bond acceptors (Lipinski definition) is 2. The largest absolute Gasteiger partial charge is 0.376 e. The third-order valence-corrected chi connectivity index (χ3v) is 1.07. The zero-order valence-electron chi connectivity index (χ0n) is 5.42. The van der Waals surface area contributed by atoms with Crippen molar-refractivity contribution in [3.05, 3.63) is 4.98 Å². The van der Waals surface area contributed by atoms with E-state index in [1.165, 1.54) is 6.92 Å². The van der Waals surface area contributed by atoms with Crippen molar-refractivity contribution < 1.29 is 13.6 Å². The number of carbonyl (C=O) groups is 1. The predicted octanol–water partition coefficient (Wildman–Crippen LogP) is 1.45. The molecule has 10 heavy (non-hydrogen) atoms. The second-order valence-corrected chi connectivity index (χ2v) is 1.74. The van der Waals surface area contributed by atoms with Crippen molar-refractivity contribution in [3.8, 4) is 0 Å². The Kier molecular flexibility index (Phi) is 3.47. The third kappa shape index (κ3) is 2.05. The van der Waals surface area contributed by atoms with Gasteiger partial charge in [0.2, 0.25) is 5.39 Å². The van der Waals surface area contributed by atoms with Crippen molar-refractivity contribution in [2.75, 3.05) is 0 Å². The molecule has 56 valence electrons. The molecule has 0 heterocycles. The van der Waals surface area contributed by atoms with Gasteiger partial charge >= 0.3 is 12.5 Å². The van der Waals surface area contributed by atoms with Gasteiger partial charge in [0.1, 0.15) is 4.98 Å². The van der Waals surface area contributed by atoms with Crippen molar-refractivity contribution in [1.29, 1.82) is 5.39 Å². The topological polar surface area (TPSA) is 45.2 Å². The number of diazo groups is 1. The highest BCUT2D eigenvalue weighted by Gasteiger charge is 2.34. The molecule has 1 atom stereocenters. The van der Waals surface area contributed by atoms with Crippen LogP contribution in [-0.4, -0.2) is 18.3 Å². The van der Waals surface area contributed by atoms with Crippen molar-refractivity contribution in [2.45, 2.75) is 25.8 Å². The molecule has 3 nitrogen and oxygen atoms in total. The second kappa shape index (κ2) is 3.88. The van der Waals surface area contributed by atoms with Gasteiger partial charge in [-0.1, -0.05) is 6.92 Å². The molecule has 0 radical (unpaired) electrons. The molecule has 0 saturated heterocycles. The maximum absolute atomic E-state index is 11.5. The fourth-order valence-electron chi connectivity index (χ4n) is 0.485. The summed E-state index contributed by atoms with van der Waals surface area (Å²) in [5.74, 6) is -1.33. The van der Waals surface area contributed by atoms with E-state index in [0.717, 1.165) is 0 Å². The minimum Gasteiger partial charge on any atom is -0.284 e. The average molecular weight is 149 g/mol. The van der Waals surface area contributed by atoms with Crippen LogP contribution in [0.3, 0.4) is 0 Å². The molecule has 0 aromatic heterocycles. The number of Topliss-reactive ketones (excluding diaryl/α,β-unsaturated/α-hetero) is 1. The van der Waals surface area contributed by atoms with E-state index in [-0.39, 0.29) is 6.42 Å². The van der Waals surface area contributed by atoms with Gasteiger partial charge in [-0.3, -0.25) is 4.79 Å². The van der Waals surface area contributed by atoms with E-state index in [2.05, 4.69) is 4.98 Å². The highest BCUT2D eigenvalue weighted by Crippen LogP contribution is 2.05. The molecule has 0 aliphatic carbocycles. The Balaban J connectivity index is 4.06. The molecule has 0 spiro atoms. The third-order valence-electron chi connectivity index (χ3n) is 1.07. The van der Waals surface area contributed by atoms with E-state index in [0.29, 0.717) is 0 Å². The Hall–Kier alpha value is -1.05. The molecular weight excluding hydrogens is 142 g/mol. The number of ketones is 1. The highest BCUT2D eigenvalue weighted by atomic mass is 19.3. The zero-order chi connectivity index (χ0) is 8.15. The van der Waals surface area contributed by atoms with Crippen molar-refractivity contribution in [3.63, 3.8) is 0 Å².